The van der Waals surface area contributed by atoms with E-state index in [0.717, 1.165) is 11.8 Å². The van der Waals surface area contributed by atoms with Crippen LogP contribution in [0.25, 0.3) is 0 Å². The summed E-state index contributed by atoms with van der Waals surface area (Å²) >= 11 is 0. The van der Waals surface area contributed by atoms with E-state index in [1.807, 2.05) is 0 Å². The highest BCUT2D eigenvalue weighted by atomic mass is 14.2. The number of unbranched alkanes of at least 4 members (excludes halogenated alkanes) is 12. The van der Waals surface area contributed by atoms with Crippen LogP contribution in [0.15, 0.2) is 0 Å². The molecule has 0 aromatic carbocycles. The first-order valence-electron chi connectivity index (χ1n) is 13.3. The molecule has 0 aromatic rings. The van der Waals surface area contributed by atoms with Crippen molar-refractivity contribution in [3.8, 4) is 0 Å². The highest BCUT2D eigenvalue weighted by molar-refractivity contribution is 4.69. The van der Waals surface area contributed by atoms with Crippen LogP contribution in [0.3, 0.4) is 0 Å². The molecular formula is C27H56. The van der Waals surface area contributed by atoms with E-state index in [1.165, 1.54) is 128 Å². The number of hydrogen-bond donors (Lipinski definition) is 0. The van der Waals surface area contributed by atoms with Crippen LogP contribution in [0, 0.1) is 11.8 Å². The maximum absolute atomic E-state index is 2.37. The minimum Gasteiger partial charge on any atom is -0.0654 e. The molecule has 0 saturated heterocycles. The van der Waals surface area contributed by atoms with Gasteiger partial charge in [-0.25, -0.2) is 0 Å². The van der Waals surface area contributed by atoms with Crippen LogP contribution in [0.2, 0.25) is 0 Å². The summed E-state index contributed by atoms with van der Waals surface area (Å²) in [4.78, 5) is 0. The average molecular weight is 381 g/mol. The summed E-state index contributed by atoms with van der Waals surface area (Å²) in [6, 6.07) is 0. The van der Waals surface area contributed by atoms with Gasteiger partial charge >= 0.3 is 0 Å². The Morgan fingerprint density at radius 1 is 0.333 bits per heavy atom. The van der Waals surface area contributed by atoms with Gasteiger partial charge in [0, 0.05) is 0 Å². The molecule has 0 N–H and O–H groups in total. The molecule has 0 fully saturated rings. The smallest absolute Gasteiger partial charge is 0.0412 e. The summed E-state index contributed by atoms with van der Waals surface area (Å²) < 4.78 is 0. The van der Waals surface area contributed by atoms with Gasteiger partial charge in [0.2, 0.25) is 0 Å². The Morgan fingerprint density at radius 2 is 0.630 bits per heavy atom. The Bertz CT molecular complexity index is 257. The molecule has 0 aromatic heterocycles. The molecule has 0 bridgehead atoms. The Labute approximate surface area is 174 Å². The summed E-state index contributed by atoms with van der Waals surface area (Å²) in [7, 11) is 0. The topological polar surface area (TPSA) is 0 Å². The maximum atomic E-state index is 2.37. The quantitative estimate of drug-likeness (QED) is 0.164. The molecule has 0 heterocycles. The van der Waals surface area contributed by atoms with Crippen LogP contribution >= 0.6 is 0 Å². The van der Waals surface area contributed by atoms with Crippen molar-refractivity contribution in [1.82, 2.24) is 0 Å². The lowest BCUT2D eigenvalue weighted by atomic mass is 9.82. The van der Waals surface area contributed by atoms with E-state index >= 15 is 0 Å². The van der Waals surface area contributed by atoms with Gasteiger partial charge in [-0.05, 0) is 18.3 Å². The van der Waals surface area contributed by atoms with Crippen molar-refractivity contribution in [3.05, 3.63) is 0 Å². The molecule has 27 heavy (non-hydrogen) atoms. The van der Waals surface area contributed by atoms with Crippen LogP contribution in [0.5, 0.6) is 0 Å². The van der Waals surface area contributed by atoms with Gasteiger partial charge in [0.15, 0.2) is 0 Å². The van der Waals surface area contributed by atoms with Gasteiger partial charge < -0.3 is 0 Å². The van der Waals surface area contributed by atoms with Gasteiger partial charge in [-0.1, -0.05) is 156 Å². The summed E-state index contributed by atoms with van der Waals surface area (Å²) in [5, 5.41) is 0. The van der Waals surface area contributed by atoms with E-state index in [9.17, 15) is 0 Å². The van der Waals surface area contributed by atoms with Crippen molar-refractivity contribution in [2.75, 3.05) is 0 Å². The SMILES string of the molecule is CCCCCCCC(CCCC)CC(CCCCCC)CCCCCCC. The second-order valence-electron chi connectivity index (χ2n) is 9.37. The lowest BCUT2D eigenvalue weighted by molar-refractivity contribution is 0.284. The molecule has 164 valence electrons. The van der Waals surface area contributed by atoms with Crippen molar-refractivity contribution in [1.29, 1.82) is 0 Å². The van der Waals surface area contributed by atoms with E-state index in [1.54, 1.807) is 6.42 Å². The first-order valence-corrected chi connectivity index (χ1v) is 13.3. The molecule has 0 nitrogen and oxygen atoms in total. The minimum atomic E-state index is 1.03. The van der Waals surface area contributed by atoms with Crippen LogP contribution < -0.4 is 0 Å². The molecule has 0 rings (SSSR count). The third-order valence-electron chi connectivity index (χ3n) is 6.53. The fraction of sp³-hybridized carbons (Fsp3) is 1.00. The first kappa shape index (κ1) is 27.0. The van der Waals surface area contributed by atoms with Crippen LogP contribution in [-0.4, -0.2) is 0 Å². The Hall–Kier alpha value is 0. The van der Waals surface area contributed by atoms with Crippen molar-refractivity contribution in [2.24, 2.45) is 11.8 Å². The third-order valence-corrected chi connectivity index (χ3v) is 6.53. The lowest BCUT2D eigenvalue weighted by Crippen LogP contribution is -2.10. The molecule has 2 unspecified atom stereocenters. The predicted octanol–water partition coefficient (Wildman–Crippen LogP) is 10.5. The Morgan fingerprint density at radius 3 is 1.00 bits per heavy atom. The van der Waals surface area contributed by atoms with Crippen molar-refractivity contribution < 1.29 is 0 Å². The van der Waals surface area contributed by atoms with E-state index in [4.69, 9.17) is 0 Å². The normalized spacial score (nSPS) is 13.8. The van der Waals surface area contributed by atoms with E-state index in [-0.39, 0.29) is 0 Å². The van der Waals surface area contributed by atoms with E-state index in [2.05, 4.69) is 27.7 Å². The number of hydrogen-bond acceptors (Lipinski definition) is 0. The zero-order valence-corrected chi connectivity index (χ0v) is 20.0. The zero-order chi connectivity index (χ0) is 20.0. The Balaban J connectivity index is 4.34. The zero-order valence-electron chi connectivity index (χ0n) is 20.0. The van der Waals surface area contributed by atoms with E-state index in [0.29, 0.717) is 0 Å². The van der Waals surface area contributed by atoms with Crippen LogP contribution in [-0.2, 0) is 0 Å². The second-order valence-corrected chi connectivity index (χ2v) is 9.37. The van der Waals surface area contributed by atoms with Crippen LogP contribution in [0.4, 0.5) is 0 Å². The standard InChI is InChI=1S/C27H56/c1-5-9-13-16-19-23-26(21-12-8-4)25-27(22-18-15-11-7-3)24-20-17-14-10-6-2/h26-27H,5-25H2,1-4H3. The number of rotatable bonds is 22. The maximum Gasteiger partial charge on any atom is -0.0412 e. The summed E-state index contributed by atoms with van der Waals surface area (Å²) in [5.41, 5.74) is 0. The monoisotopic (exact) mass is 380 g/mol. The molecule has 0 spiro atoms. The lowest BCUT2D eigenvalue weighted by Gasteiger charge is -2.24. The largest absolute Gasteiger partial charge is 0.0654 e. The molecule has 2 atom stereocenters. The Kier molecular flexibility index (Phi) is 22.3. The van der Waals surface area contributed by atoms with Gasteiger partial charge in [0.05, 0.1) is 0 Å². The molecule has 0 radical (unpaired) electrons. The molecule has 0 amide bonds. The first-order chi connectivity index (χ1) is 13.3. The van der Waals surface area contributed by atoms with Crippen molar-refractivity contribution in [2.45, 2.75) is 163 Å². The predicted molar refractivity (Wildman–Crippen MR) is 127 cm³/mol. The second kappa shape index (κ2) is 22.3. The highest BCUT2D eigenvalue weighted by Gasteiger charge is 2.16. The fourth-order valence-electron chi connectivity index (χ4n) is 4.66. The molecule has 0 aliphatic carbocycles. The summed E-state index contributed by atoms with van der Waals surface area (Å²) in [5.74, 6) is 2.05. The van der Waals surface area contributed by atoms with Gasteiger partial charge in [-0.15, -0.1) is 0 Å². The fourth-order valence-corrected chi connectivity index (χ4v) is 4.66. The van der Waals surface area contributed by atoms with Gasteiger partial charge in [-0.2, -0.15) is 0 Å². The van der Waals surface area contributed by atoms with Crippen molar-refractivity contribution in [3.63, 3.8) is 0 Å². The molecule has 0 aliphatic heterocycles. The average Bonchev–Trinajstić information content (AvgIpc) is 2.68. The van der Waals surface area contributed by atoms with Gasteiger partial charge in [0.25, 0.3) is 0 Å². The summed E-state index contributed by atoms with van der Waals surface area (Å²) in [6.07, 6.45) is 30.7. The van der Waals surface area contributed by atoms with Crippen molar-refractivity contribution >= 4 is 0 Å². The summed E-state index contributed by atoms with van der Waals surface area (Å²) in [6.45, 7) is 9.36. The minimum absolute atomic E-state index is 1.03. The van der Waals surface area contributed by atoms with Gasteiger partial charge in [-0.3, -0.25) is 0 Å². The third kappa shape index (κ3) is 19.1. The van der Waals surface area contributed by atoms with Gasteiger partial charge in [0.1, 0.15) is 0 Å². The highest BCUT2D eigenvalue weighted by Crippen LogP contribution is 2.30. The molecule has 0 aliphatic rings. The molecular weight excluding hydrogens is 324 g/mol. The van der Waals surface area contributed by atoms with E-state index < -0.39 is 0 Å². The van der Waals surface area contributed by atoms with Crippen LogP contribution in [0.1, 0.15) is 163 Å². The molecule has 0 saturated carbocycles. The molecule has 0 heteroatoms.